The largest absolute Gasteiger partial charge is 0.683 e. The third kappa shape index (κ3) is 22.0. The Kier molecular flexibility index (Phi) is 32.2. The molecule has 0 N–H and O–H groups in total. The van der Waals surface area contributed by atoms with Gasteiger partial charge in [-0.1, -0.05) is 358 Å². The number of hydrogen-bond donors (Lipinski definition) is 0. The molecule has 4 heteroatoms. The smallest absolute Gasteiger partial charge is 0.0115 e. The lowest BCUT2D eigenvalue weighted by Gasteiger charge is -2.35. The molecule has 0 fully saturated rings. The topological polar surface area (TPSA) is 45.5 Å². The zero-order chi connectivity index (χ0) is 87.2. The highest BCUT2D eigenvalue weighted by Crippen LogP contribution is 2.51. The van der Waals surface area contributed by atoms with Crippen LogP contribution in [0.25, 0.3) is 82.7 Å². The van der Waals surface area contributed by atoms with E-state index in [0.29, 0.717) is 126 Å². The molecule has 0 amide bonds. The molecule has 0 saturated carbocycles. The average molecular weight is 1590 g/mol. The molecular formula is C114H159N4-3. The zero-order valence-corrected chi connectivity index (χ0v) is 81.0. The van der Waals surface area contributed by atoms with E-state index in [2.05, 4.69) is 382 Å². The van der Waals surface area contributed by atoms with Crippen LogP contribution in [0.1, 0.15) is 456 Å². The van der Waals surface area contributed by atoms with Gasteiger partial charge in [0.05, 0.1) is 0 Å². The molecule has 9 aromatic carbocycles. The van der Waals surface area contributed by atoms with Crippen LogP contribution in [0.2, 0.25) is 0 Å². The normalized spacial score (nSPS) is 12.5. The van der Waals surface area contributed by atoms with Crippen LogP contribution in [0.4, 0.5) is 17.1 Å². The summed E-state index contributed by atoms with van der Waals surface area (Å²) in [6, 6.07) is 52.6. The standard InChI is InChI=1S/C114H159N4/c1-64(2)82-52-97(70(13)14)109(98(53-82)71(15)16)88-43-89(110-99(72(17)18)54-83(65(3)4)55-100(110)73(19)20)47-94(46-88)115-37-40-118(41-38-116-95-48-90(111-101(74(21)22)56-84(66(5)6)57-102(111)75(23)24)44-91(49-95)112-103(76(25)26)58-85(67(7)8)59-104(112)77(27)28)42-39-117-96-50-92(113-105(78(29)30)60-86(68(9)10)61-106(113)79(31)32)45-93(51-96)114-107(80(33)34)62-87(69(11)12)63-108(114)81(35)36/h43-81H,37-42H2,1-36H3/q-3. The van der Waals surface area contributed by atoms with Gasteiger partial charge in [0.2, 0.25) is 0 Å². The predicted molar refractivity (Wildman–Crippen MR) is 526 cm³/mol. The second-order valence-electron chi connectivity index (χ2n) is 41.0. The first-order valence-corrected chi connectivity index (χ1v) is 46.7. The molecule has 0 aliphatic carbocycles. The molecule has 4 nitrogen and oxygen atoms in total. The monoisotopic (exact) mass is 1580 g/mol. The van der Waals surface area contributed by atoms with Gasteiger partial charge in [-0.05, 0) is 311 Å². The molecule has 0 aliphatic heterocycles. The van der Waals surface area contributed by atoms with Crippen LogP contribution in [0.15, 0.2) is 127 Å². The molecule has 0 radical (unpaired) electrons. The van der Waals surface area contributed by atoms with Gasteiger partial charge in [0, 0.05) is 0 Å². The first kappa shape index (κ1) is 94.2. The fraction of sp³-hybridized carbons (Fsp3) is 0.526. The lowest BCUT2D eigenvalue weighted by Crippen LogP contribution is -2.31. The van der Waals surface area contributed by atoms with Gasteiger partial charge >= 0.3 is 0 Å². The van der Waals surface area contributed by atoms with Crippen molar-refractivity contribution < 1.29 is 0 Å². The zero-order valence-electron chi connectivity index (χ0n) is 81.0. The van der Waals surface area contributed by atoms with Gasteiger partial charge in [-0.15, -0.1) is 36.7 Å². The first-order valence-electron chi connectivity index (χ1n) is 46.7. The highest BCUT2D eigenvalue weighted by Gasteiger charge is 2.29. The number of nitrogens with zero attached hydrogens (tertiary/aromatic N) is 4. The van der Waals surface area contributed by atoms with Gasteiger partial charge in [-0.3, -0.25) is 0 Å². The van der Waals surface area contributed by atoms with Crippen molar-refractivity contribution in [1.82, 2.24) is 4.90 Å². The van der Waals surface area contributed by atoms with Gasteiger partial charge in [-0.2, -0.15) is 0 Å². The molecule has 118 heavy (non-hydrogen) atoms. The molecule has 9 rings (SSSR count). The Labute approximate surface area is 722 Å². The average Bonchev–Trinajstić information content (AvgIpc) is 0.764. The van der Waals surface area contributed by atoms with Crippen LogP contribution >= 0.6 is 0 Å². The van der Waals surface area contributed by atoms with Crippen molar-refractivity contribution in [3.8, 4) is 66.8 Å². The fourth-order valence-electron chi connectivity index (χ4n) is 18.0. The summed E-state index contributed by atoms with van der Waals surface area (Å²) in [5.74, 6) is 6.31. The maximum Gasteiger partial charge on any atom is -0.0115 e. The molecule has 9 aromatic rings. The molecule has 0 saturated heterocycles. The van der Waals surface area contributed by atoms with E-state index in [4.69, 9.17) is 16.0 Å². The first-order chi connectivity index (χ1) is 55.4. The SMILES string of the molecule is CC(C)c1cc(C(C)C)c(-c2cc([N-]CCN(CC[N-]c3cc(-c4c(C(C)C)cc(C(C)C)cc4C(C)C)cc(-c4c(C(C)C)cc(C(C)C)cc4C(C)C)c3)CC[N-]c3cc(-c4c(C(C)C)cc(C(C)C)cc4C(C)C)cc(-c4c(C(C)C)cc(C(C)C)cc4C(C)C)c3)cc(-c3c(C(C)C)cc(C(C)C)cc3C(C)C)c2)c(C(C)C)c1. The van der Waals surface area contributed by atoms with Crippen molar-refractivity contribution in [3.63, 3.8) is 0 Å². The van der Waals surface area contributed by atoms with Gasteiger partial charge in [-0.25, -0.2) is 0 Å². The van der Waals surface area contributed by atoms with E-state index in [1.54, 1.807) is 0 Å². The summed E-state index contributed by atoms with van der Waals surface area (Å²) in [6.45, 7) is 89.5. The Balaban J connectivity index is 1.24. The summed E-state index contributed by atoms with van der Waals surface area (Å²) in [5, 5.41) is 17.6. The minimum atomic E-state index is 0.320. The summed E-state index contributed by atoms with van der Waals surface area (Å²) >= 11 is 0. The third-order valence-corrected chi connectivity index (χ3v) is 25.4. The number of rotatable bonds is 36. The van der Waals surface area contributed by atoms with Crippen molar-refractivity contribution in [1.29, 1.82) is 0 Å². The highest BCUT2D eigenvalue weighted by molar-refractivity contribution is 5.89. The van der Waals surface area contributed by atoms with Crippen LogP contribution in [0.5, 0.6) is 0 Å². The summed E-state index contributed by atoms with van der Waals surface area (Å²) < 4.78 is 0. The Morgan fingerprint density at radius 3 is 0.381 bits per heavy atom. The maximum atomic E-state index is 5.87. The quantitative estimate of drug-likeness (QED) is 0.0386. The van der Waals surface area contributed by atoms with Gasteiger partial charge in [0.15, 0.2) is 0 Å². The van der Waals surface area contributed by atoms with Crippen molar-refractivity contribution in [2.45, 2.75) is 356 Å². The highest BCUT2D eigenvalue weighted by atomic mass is 15.2. The Morgan fingerprint density at radius 1 is 0.161 bits per heavy atom. The second kappa shape index (κ2) is 40.4. The fourth-order valence-corrected chi connectivity index (χ4v) is 18.0. The van der Waals surface area contributed by atoms with Crippen molar-refractivity contribution in [2.75, 3.05) is 39.3 Å². The minimum absolute atomic E-state index is 0.320. The van der Waals surface area contributed by atoms with E-state index in [9.17, 15) is 0 Å². The Morgan fingerprint density at radius 2 is 0.280 bits per heavy atom. The van der Waals surface area contributed by atoms with E-state index >= 15 is 0 Å². The molecular weight excluding hydrogens is 1430 g/mol. The molecule has 638 valence electrons. The molecule has 0 bridgehead atoms. The van der Waals surface area contributed by atoms with Crippen molar-refractivity contribution >= 4 is 17.1 Å². The van der Waals surface area contributed by atoms with Crippen molar-refractivity contribution in [2.24, 2.45) is 0 Å². The summed E-state index contributed by atoms with van der Waals surface area (Å²) in [5.41, 5.74) is 44.3. The van der Waals surface area contributed by atoms with E-state index in [1.165, 1.54) is 167 Å². The molecule has 0 aromatic heterocycles. The minimum Gasteiger partial charge on any atom is -0.683 e. The van der Waals surface area contributed by atoms with Gasteiger partial charge < -0.3 is 20.9 Å². The van der Waals surface area contributed by atoms with Gasteiger partial charge in [0.25, 0.3) is 0 Å². The van der Waals surface area contributed by atoms with E-state index < -0.39 is 0 Å². The van der Waals surface area contributed by atoms with E-state index in [-0.39, 0.29) is 0 Å². The van der Waals surface area contributed by atoms with Crippen LogP contribution in [-0.4, -0.2) is 44.2 Å². The lowest BCUT2D eigenvalue weighted by molar-refractivity contribution is 0.311. The summed E-state index contributed by atoms with van der Waals surface area (Å²) in [6.07, 6.45) is 0. The third-order valence-electron chi connectivity index (χ3n) is 25.4. The second-order valence-corrected chi connectivity index (χ2v) is 41.0. The number of hydrogen-bond acceptors (Lipinski definition) is 1. The maximum absolute atomic E-state index is 5.87. The van der Waals surface area contributed by atoms with Crippen LogP contribution in [0, 0.1) is 0 Å². The predicted octanol–water partition coefficient (Wildman–Crippen LogP) is 36.6. The van der Waals surface area contributed by atoms with Crippen molar-refractivity contribution in [3.05, 3.63) is 243 Å². The van der Waals surface area contributed by atoms with Crippen LogP contribution in [-0.2, 0) is 0 Å². The van der Waals surface area contributed by atoms with Crippen LogP contribution in [0.3, 0.4) is 0 Å². The molecule has 0 unspecified atom stereocenters. The summed E-state index contributed by atoms with van der Waals surface area (Å²) in [7, 11) is 0. The Hall–Kier alpha value is -7.66. The van der Waals surface area contributed by atoms with Crippen LogP contribution < -0.4 is 0 Å². The summed E-state index contributed by atoms with van der Waals surface area (Å²) in [4.78, 5) is 2.64. The van der Waals surface area contributed by atoms with E-state index in [1.807, 2.05) is 0 Å². The molecule has 0 atom stereocenters. The lowest BCUT2D eigenvalue weighted by atomic mass is 9.79. The number of benzene rings is 9. The molecule has 0 heterocycles. The van der Waals surface area contributed by atoms with E-state index in [0.717, 1.165) is 36.7 Å². The molecule has 0 aliphatic rings. The van der Waals surface area contributed by atoms with Gasteiger partial charge in [0.1, 0.15) is 0 Å². The molecule has 0 spiro atoms. The Bertz CT molecular complexity index is 3940.